The molecule has 0 unspecified atom stereocenters. The minimum Gasteiger partial charge on any atom is -0.497 e. The standard InChI is InChI=1S/C15H14N4OS2/c1-10-6-7-22-13(10)9-16-19-14(17-18-15(19)21)11-4-3-5-12(8-11)20-2/h3-9H,1-2H3,(H,18,21)/b16-9-. The summed E-state index contributed by atoms with van der Waals surface area (Å²) < 4.78 is 7.31. The lowest BCUT2D eigenvalue weighted by atomic mass is 10.2. The fourth-order valence-electron chi connectivity index (χ4n) is 1.97. The molecule has 2 aromatic heterocycles. The first-order valence-electron chi connectivity index (χ1n) is 6.59. The van der Waals surface area contributed by atoms with Crippen LogP contribution in [0.4, 0.5) is 0 Å². The van der Waals surface area contributed by atoms with Gasteiger partial charge in [0, 0.05) is 5.56 Å². The van der Waals surface area contributed by atoms with Gasteiger partial charge in [0.1, 0.15) is 5.75 Å². The van der Waals surface area contributed by atoms with Crippen molar-refractivity contribution in [3.63, 3.8) is 0 Å². The Labute approximate surface area is 136 Å². The van der Waals surface area contributed by atoms with E-state index in [2.05, 4.69) is 28.3 Å². The van der Waals surface area contributed by atoms with Crippen molar-refractivity contribution in [1.82, 2.24) is 14.9 Å². The smallest absolute Gasteiger partial charge is 0.216 e. The molecule has 3 aromatic rings. The summed E-state index contributed by atoms with van der Waals surface area (Å²) in [7, 11) is 1.63. The van der Waals surface area contributed by atoms with Crippen molar-refractivity contribution in [2.24, 2.45) is 5.10 Å². The second-order valence-electron chi connectivity index (χ2n) is 4.61. The van der Waals surface area contributed by atoms with Crippen LogP contribution >= 0.6 is 23.6 Å². The van der Waals surface area contributed by atoms with Crippen molar-refractivity contribution in [2.45, 2.75) is 6.92 Å². The van der Waals surface area contributed by atoms with Gasteiger partial charge in [0.2, 0.25) is 4.77 Å². The Kier molecular flexibility index (Phi) is 4.17. The van der Waals surface area contributed by atoms with Crippen LogP contribution in [0.25, 0.3) is 11.4 Å². The number of ether oxygens (including phenoxy) is 1. The van der Waals surface area contributed by atoms with Crippen molar-refractivity contribution < 1.29 is 4.74 Å². The number of hydrogen-bond donors (Lipinski definition) is 1. The van der Waals surface area contributed by atoms with Crippen LogP contribution in [0.3, 0.4) is 0 Å². The maximum Gasteiger partial charge on any atom is 0.216 e. The molecule has 7 heteroatoms. The van der Waals surface area contributed by atoms with E-state index < -0.39 is 0 Å². The molecule has 3 rings (SSSR count). The first-order valence-corrected chi connectivity index (χ1v) is 7.88. The number of aromatic nitrogens is 3. The molecular weight excluding hydrogens is 316 g/mol. The third-order valence-electron chi connectivity index (χ3n) is 3.17. The Morgan fingerprint density at radius 3 is 3.00 bits per heavy atom. The quantitative estimate of drug-likeness (QED) is 0.583. The summed E-state index contributed by atoms with van der Waals surface area (Å²) in [6.45, 7) is 2.05. The second kappa shape index (κ2) is 6.25. The van der Waals surface area contributed by atoms with E-state index in [-0.39, 0.29) is 0 Å². The first-order chi connectivity index (χ1) is 10.7. The molecule has 0 aliphatic rings. The Hall–Kier alpha value is -2.25. The number of aryl methyl sites for hydroxylation is 1. The number of rotatable bonds is 4. The molecule has 0 bridgehead atoms. The van der Waals surface area contributed by atoms with Crippen LogP contribution in [0, 0.1) is 11.7 Å². The summed E-state index contributed by atoms with van der Waals surface area (Å²) >= 11 is 6.90. The average molecular weight is 330 g/mol. The molecule has 0 spiro atoms. The summed E-state index contributed by atoms with van der Waals surface area (Å²) in [5, 5.41) is 13.5. The SMILES string of the molecule is COc1cccc(-c2n[nH]c(=S)n2/N=C\c2sccc2C)c1. The molecule has 0 amide bonds. The minimum absolute atomic E-state index is 0.447. The fourth-order valence-corrected chi connectivity index (χ4v) is 2.93. The molecule has 0 fully saturated rings. The first kappa shape index (κ1) is 14.7. The van der Waals surface area contributed by atoms with Gasteiger partial charge in [0.25, 0.3) is 0 Å². The molecule has 0 radical (unpaired) electrons. The lowest BCUT2D eigenvalue weighted by Crippen LogP contribution is -1.95. The highest BCUT2D eigenvalue weighted by Crippen LogP contribution is 2.22. The van der Waals surface area contributed by atoms with Crippen molar-refractivity contribution in [3.05, 3.63) is 50.9 Å². The summed E-state index contributed by atoms with van der Waals surface area (Å²) in [4.78, 5) is 1.10. The zero-order chi connectivity index (χ0) is 15.5. The van der Waals surface area contributed by atoms with E-state index >= 15 is 0 Å². The van der Waals surface area contributed by atoms with Crippen molar-refractivity contribution in [1.29, 1.82) is 0 Å². The van der Waals surface area contributed by atoms with Gasteiger partial charge in [-0.05, 0) is 48.3 Å². The van der Waals surface area contributed by atoms with E-state index in [4.69, 9.17) is 17.0 Å². The van der Waals surface area contributed by atoms with Gasteiger partial charge in [0.05, 0.1) is 18.2 Å². The van der Waals surface area contributed by atoms with Gasteiger partial charge in [-0.15, -0.1) is 11.3 Å². The molecule has 112 valence electrons. The zero-order valence-corrected chi connectivity index (χ0v) is 13.7. The predicted octanol–water partition coefficient (Wildman–Crippen LogP) is 3.87. The Bertz CT molecular complexity index is 876. The van der Waals surface area contributed by atoms with E-state index in [0.717, 1.165) is 16.2 Å². The second-order valence-corrected chi connectivity index (χ2v) is 5.94. The highest BCUT2D eigenvalue weighted by Gasteiger charge is 2.09. The molecular formula is C15H14N4OS2. The number of aromatic amines is 1. The van der Waals surface area contributed by atoms with Crippen molar-refractivity contribution in [2.75, 3.05) is 7.11 Å². The summed E-state index contributed by atoms with van der Waals surface area (Å²) in [6.07, 6.45) is 1.80. The van der Waals surface area contributed by atoms with Crippen LogP contribution in [0.15, 0.2) is 40.8 Å². The summed E-state index contributed by atoms with van der Waals surface area (Å²) in [6, 6.07) is 9.68. The van der Waals surface area contributed by atoms with Gasteiger partial charge in [-0.25, -0.2) is 5.10 Å². The van der Waals surface area contributed by atoms with Crippen LogP contribution < -0.4 is 4.74 Å². The molecule has 0 aliphatic carbocycles. The monoisotopic (exact) mass is 330 g/mol. The highest BCUT2D eigenvalue weighted by atomic mass is 32.1. The average Bonchev–Trinajstić information content (AvgIpc) is 3.11. The van der Waals surface area contributed by atoms with Crippen LogP contribution in [0.1, 0.15) is 10.4 Å². The molecule has 0 saturated carbocycles. The summed E-state index contributed by atoms with van der Waals surface area (Å²) in [5.74, 6) is 1.41. The van der Waals surface area contributed by atoms with Gasteiger partial charge in [-0.2, -0.15) is 14.9 Å². The number of thiophene rings is 1. The Morgan fingerprint density at radius 1 is 1.41 bits per heavy atom. The van der Waals surface area contributed by atoms with Crippen LogP contribution in [-0.4, -0.2) is 28.2 Å². The van der Waals surface area contributed by atoms with Gasteiger partial charge in [-0.1, -0.05) is 12.1 Å². The molecule has 22 heavy (non-hydrogen) atoms. The number of H-pyrrole nitrogens is 1. The van der Waals surface area contributed by atoms with Crippen LogP contribution in [0.2, 0.25) is 0 Å². The maximum atomic E-state index is 5.27. The lowest BCUT2D eigenvalue weighted by molar-refractivity contribution is 0.415. The van der Waals surface area contributed by atoms with E-state index in [1.807, 2.05) is 29.6 Å². The minimum atomic E-state index is 0.447. The van der Waals surface area contributed by atoms with E-state index in [9.17, 15) is 0 Å². The number of hydrogen-bond acceptors (Lipinski definition) is 5. The fraction of sp³-hybridized carbons (Fsp3) is 0.133. The summed E-state index contributed by atoms with van der Waals surface area (Å²) in [5.41, 5.74) is 2.07. The molecule has 2 heterocycles. The van der Waals surface area contributed by atoms with Gasteiger partial charge in [0.15, 0.2) is 5.82 Å². The Morgan fingerprint density at radius 2 is 2.27 bits per heavy atom. The number of benzene rings is 1. The Balaban J connectivity index is 2.02. The molecule has 1 aromatic carbocycles. The number of methoxy groups -OCH3 is 1. The predicted molar refractivity (Wildman–Crippen MR) is 91.4 cm³/mol. The zero-order valence-electron chi connectivity index (χ0n) is 12.1. The molecule has 5 nitrogen and oxygen atoms in total. The normalized spacial score (nSPS) is 11.2. The van der Waals surface area contributed by atoms with E-state index in [1.165, 1.54) is 5.56 Å². The highest BCUT2D eigenvalue weighted by molar-refractivity contribution is 7.71. The van der Waals surface area contributed by atoms with Crippen molar-refractivity contribution in [3.8, 4) is 17.1 Å². The topological polar surface area (TPSA) is 55.2 Å². The number of nitrogens with one attached hydrogen (secondary N) is 1. The molecule has 0 saturated heterocycles. The van der Waals surface area contributed by atoms with E-state index in [0.29, 0.717) is 10.6 Å². The third-order valence-corrected chi connectivity index (χ3v) is 4.39. The molecule has 1 N–H and O–H groups in total. The van der Waals surface area contributed by atoms with Crippen LogP contribution in [0.5, 0.6) is 5.75 Å². The van der Waals surface area contributed by atoms with E-state index in [1.54, 1.807) is 29.3 Å². The van der Waals surface area contributed by atoms with Gasteiger partial charge < -0.3 is 4.74 Å². The third kappa shape index (κ3) is 2.86. The molecule has 0 atom stereocenters. The number of nitrogens with zero attached hydrogens (tertiary/aromatic N) is 3. The molecule has 0 aliphatic heterocycles. The van der Waals surface area contributed by atoms with Gasteiger partial charge >= 0.3 is 0 Å². The lowest BCUT2D eigenvalue weighted by Gasteiger charge is -2.03. The van der Waals surface area contributed by atoms with Crippen LogP contribution in [-0.2, 0) is 0 Å². The largest absolute Gasteiger partial charge is 0.497 e. The van der Waals surface area contributed by atoms with Crippen molar-refractivity contribution >= 4 is 29.8 Å². The van der Waals surface area contributed by atoms with Gasteiger partial charge in [-0.3, -0.25) is 0 Å². The maximum absolute atomic E-state index is 5.27.